The van der Waals surface area contributed by atoms with E-state index < -0.39 is 0 Å². The van der Waals surface area contributed by atoms with Gasteiger partial charge in [0.15, 0.2) is 0 Å². The molecule has 4 N–H and O–H groups in total. The van der Waals surface area contributed by atoms with Crippen LogP contribution in [0.5, 0.6) is 0 Å². The van der Waals surface area contributed by atoms with E-state index in [4.69, 9.17) is 15.7 Å². The summed E-state index contributed by atoms with van der Waals surface area (Å²) in [6, 6.07) is 0. The van der Waals surface area contributed by atoms with E-state index in [-0.39, 0.29) is 17.4 Å². The number of rotatable bonds is 6. The van der Waals surface area contributed by atoms with Crippen molar-refractivity contribution in [3.05, 3.63) is 0 Å². The Morgan fingerprint density at radius 3 is 2.73 bits per heavy atom. The fourth-order valence-corrected chi connectivity index (χ4v) is 1.74. The molecule has 0 aromatic heterocycles. The molecule has 1 aliphatic carbocycles. The average molecular weight is 215 g/mol. The Bertz CT molecular complexity index is 221. The molecule has 0 saturated heterocycles. The maximum absolute atomic E-state index is 8.48. The summed E-state index contributed by atoms with van der Waals surface area (Å²) in [6.45, 7) is 3.47. The quantitative estimate of drug-likeness (QED) is 0.261. The van der Waals surface area contributed by atoms with Crippen LogP contribution in [0.25, 0.3) is 0 Å². The number of nitrogens with zero attached hydrogens (tertiary/aromatic N) is 1. The number of nitrogens with one attached hydrogen (secondary N) is 1. The molecule has 15 heavy (non-hydrogen) atoms. The molecule has 0 aliphatic heterocycles. The third-order valence-corrected chi connectivity index (χ3v) is 3.22. The van der Waals surface area contributed by atoms with Crippen molar-refractivity contribution in [3.8, 4) is 0 Å². The van der Waals surface area contributed by atoms with Gasteiger partial charge in [0.1, 0.15) is 5.84 Å². The first-order chi connectivity index (χ1) is 7.13. The lowest BCUT2D eigenvalue weighted by molar-refractivity contribution is -0.0693. The molecule has 88 valence electrons. The summed E-state index contributed by atoms with van der Waals surface area (Å²) in [5.41, 5.74) is 5.51. The summed E-state index contributed by atoms with van der Waals surface area (Å²) < 4.78 is 5.47. The Hall–Kier alpha value is -0.810. The SMILES string of the molecule is COC1(CNCC(C)C(N)=NO)CCC1. The fourth-order valence-electron chi connectivity index (χ4n) is 1.74. The molecular formula is C10H21N3O2. The molecule has 5 heteroatoms. The number of oxime groups is 1. The third kappa shape index (κ3) is 3.07. The van der Waals surface area contributed by atoms with Crippen molar-refractivity contribution in [3.63, 3.8) is 0 Å². The van der Waals surface area contributed by atoms with Crippen LogP contribution in [0.1, 0.15) is 26.2 Å². The molecule has 1 unspecified atom stereocenters. The highest BCUT2D eigenvalue weighted by atomic mass is 16.5. The van der Waals surface area contributed by atoms with E-state index in [1.165, 1.54) is 6.42 Å². The Labute approximate surface area is 90.7 Å². The first-order valence-corrected chi connectivity index (χ1v) is 5.37. The number of methoxy groups -OCH3 is 1. The lowest BCUT2D eigenvalue weighted by atomic mass is 9.80. The van der Waals surface area contributed by atoms with Gasteiger partial charge in [-0.15, -0.1) is 0 Å². The highest BCUT2D eigenvalue weighted by Gasteiger charge is 2.36. The molecule has 0 radical (unpaired) electrons. The van der Waals surface area contributed by atoms with Crippen molar-refractivity contribution < 1.29 is 9.94 Å². The van der Waals surface area contributed by atoms with E-state index in [0.717, 1.165) is 19.4 Å². The van der Waals surface area contributed by atoms with Gasteiger partial charge in [-0.05, 0) is 19.3 Å². The normalized spacial score (nSPS) is 22.1. The molecule has 1 aliphatic rings. The van der Waals surface area contributed by atoms with Crippen LogP contribution in [0.4, 0.5) is 0 Å². The largest absolute Gasteiger partial charge is 0.409 e. The van der Waals surface area contributed by atoms with Crippen LogP contribution in [-0.2, 0) is 4.74 Å². The number of nitrogens with two attached hydrogens (primary N) is 1. The number of amidine groups is 1. The van der Waals surface area contributed by atoms with Gasteiger partial charge in [0.2, 0.25) is 0 Å². The number of hydrogen-bond acceptors (Lipinski definition) is 4. The monoisotopic (exact) mass is 215 g/mol. The van der Waals surface area contributed by atoms with Gasteiger partial charge < -0.3 is 21.0 Å². The molecule has 0 heterocycles. The van der Waals surface area contributed by atoms with E-state index in [1.54, 1.807) is 7.11 Å². The van der Waals surface area contributed by atoms with E-state index in [1.807, 2.05) is 6.92 Å². The second-order valence-electron chi connectivity index (χ2n) is 4.30. The minimum absolute atomic E-state index is 0.0326. The summed E-state index contributed by atoms with van der Waals surface area (Å²) in [4.78, 5) is 0. The summed E-state index contributed by atoms with van der Waals surface area (Å²) in [6.07, 6.45) is 3.48. The molecule has 1 rings (SSSR count). The van der Waals surface area contributed by atoms with Gasteiger partial charge in [-0.1, -0.05) is 12.1 Å². The molecular weight excluding hydrogens is 194 g/mol. The zero-order valence-corrected chi connectivity index (χ0v) is 9.49. The Kier molecular flexibility index (Phi) is 4.35. The molecule has 5 nitrogen and oxygen atoms in total. The molecule has 1 fully saturated rings. The van der Waals surface area contributed by atoms with Crippen LogP contribution in [0.3, 0.4) is 0 Å². The van der Waals surface area contributed by atoms with Crippen LogP contribution >= 0.6 is 0 Å². The topological polar surface area (TPSA) is 79.9 Å². The summed E-state index contributed by atoms with van der Waals surface area (Å²) >= 11 is 0. The zero-order chi connectivity index (χ0) is 11.3. The van der Waals surface area contributed by atoms with Crippen molar-refractivity contribution in [1.82, 2.24) is 5.32 Å². The van der Waals surface area contributed by atoms with Crippen molar-refractivity contribution in [1.29, 1.82) is 0 Å². The molecule has 0 spiro atoms. The van der Waals surface area contributed by atoms with Gasteiger partial charge >= 0.3 is 0 Å². The van der Waals surface area contributed by atoms with Crippen LogP contribution in [0.2, 0.25) is 0 Å². The van der Waals surface area contributed by atoms with E-state index in [0.29, 0.717) is 6.54 Å². The zero-order valence-electron chi connectivity index (χ0n) is 9.49. The van der Waals surface area contributed by atoms with Crippen LogP contribution in [-0.4, -0.2) is 36.8 Å². The van der Waals surface area contributed by atoms with Crippen molar-refractivity contribution in [2.45, 2.75) is 31.8 Å². The minimum Gasteiger partial charge on any atom is -0.409 e. The average Bonchev–Trinajstić information content (AvgIpc) is 2.20. The maximum atomic E-state index is 8.48. The molecule has 0 amide bonds. The first-order valence-electron chi connectivity index (χ1n) is 5.37. The standard InChI is InChI=1S/C10H21N3O2/c1-8(9(11)13-14)6-12-7-10(15-2)4-3-5-10/h8,12,14H,3-7H2,1-2H3,(H2,11,13). The predicted molar refractivity (Wildman–Crippen MR) is 59.0 cm³/mol. The summed E-state index contributed by atoms with van der Waals surface area (Å²) in [7, 11) is 1.76. The van der Waals surface area contributed by atoms with Gasteiger partial charge in [-0.2, -0.15) is 0 Å². The second kappa shape index (κ2) is 5.32. The number of hydrogen-bond donors (Lipinski definition) is 3. The minimum atomic E-state index is 0.0326. The summed E-state index contributed by atoms with van der Waals surface area (Å²) in [5.74, 6) is 0.312. The Morgan fingerprint density at radius 1 is 1.67 bits per heavy atom. The van der Waals surface area contributed by atoms with Crippen LogP contribution in [0, 0.1) is 5.92 Å². The van der Waals surface area contributed by atoms with E-state index >= 15 is 0 Å². The lowest BCUT2D eigenvalue weighted by Crippen LogP contribution is -2.49. The van der Waals surface area contributed by atoms with Crippen molar-refractivity contribution >= 4 is 5.84 Å². The Morgan fingerprint density at radius 2 is 2.33 bits per heavy atom. The van der Waals surface area contributed by atoms with Crippen LogP contribution in [0.15, 0.2) is 5.16 Å². The highest BCUT2D eigenvalue weighted by molar-refractivity contribution is 5.82. The fraction of sp³-hybridized carbons (Fsp3) is 0.900. The molecule has 1 saturated carbocycles. The molecule has 0 aromatic carbocycles. The highest BCUT2D eigenvalue weighted by Crippen LogP contribution is 2.34. The van der Waals surface area contributed by atoms with Crippen molar-refractivity contribution in [2.75, 3.05) is 20.2 Å². The smallest absolute Gasteiger partial charge is 0.143 e. The van der Waals surface area contributed by atoms with E-state index in [2.05, 4.69) is 10.5 Å². The number of ether oxygens (including phenoxy) is 1. The van der Waals surface area contributed by atoms with Crippen LogP contribution < -0.4 is 11.1 Å². The van der Waals surface area contributed by atoms with Gasteiger partial charge in [-0.3, -0.25) is 0 Å². The third-order valence-electron chi connectivity index (χ3n) is 3.22. The predicted octanol–water partition coefficient (Wildman–Crippen LogP) is 0.528. The molecule has 0 aromatic rings. The van der Waals surface area contributed by atoms with Gasteiger partial charge in [0, 0.05) is 26.1 Å². The summed E-state index contributed by atoms with van der Waals surface area (Å²) in [5, 5.41) is 14.8. The molecule has 0 bridgehead atoms. The lowest BCUT2D eigenvalue weighted by Gasteiger charge is -2.40. The van der Waals surface area contributed by atoms with Crippen molar-refractivity contribution in [2.24, 2.45) is 16.8 Å². The first kappa shape index (κ1) is 12.3. The van der Waals surface area contributed by atoms with Gasteiger partial charge in [-0.25, -0.2) is 0 Å². The molecule has 1 atom stereocenters. The second-order valence-corrected chi connectivity index (χ2v) is 4.30. The Balaban J connectivity index is 2.21. The maximum Gasteiger partial charge on any atom is 0.143 e. The van der Waals surface area contributed by atoms with Gasteiger partial charge in [0.05, 0.1) is 5.60 Å². The van der Waals surface area contributed by atoms with Gasteiger partial charge in [0.25, 0.3) is 0 Å². The van der Waals surface area contributed by atoms with E-state index in [9.17, 15) is 0 Å².